The van der Waals surface area contributed by atoms with Gasteiger partial charge in [0, 0.05) is 30.7 Å². The van der Waals surface area contributed by atoms with Gasteiger partial charge in [-0.1, -0.05) is 68.0 Å². The summed E-state index contributed by atoms with van der Waals surface area (Å²) >= 11 is 0. The average molecular weight is 454 g/mol. The zero-order valence-corrected chi connectivity index (χ0v) is 19.3. The molecule has 0 amide bonds. The number of tetrazole rings is 1. The number of H-pyrrole nitrogens is 1. The van der Waals surface area contributed by atoms with Crippen molar-refractivity contribution in [2.75, 3.05) is 0 Å². The lowest BCUT2D eigenvalue weighted by atomic mass is 9.88. The number of imidazole rings is 1. The molecule has 8 heteroatoms. The quantitative estimate of drug-likeness (QED) is 0.412. The van der Waals surface area contributed by atoms with Gasteiger partial charge in [0.1, 0.15) is 11.4 Å². The van der Waals surface area contributed by atoms with Gasteiger partial charge in [0.05, 0.1) is 0 Å². The molecule has 0 saturated carbocycles. The van der Waals surface area contributed by atoms with E-state index in [1.54, 1.807) is 12.4 Å². The van der Waals surface area contributed by atoms with Gasteiger partial charge in [0.15, 0.2) is 5.82 Å². The van der Waals surface area contributed by atoms with E-state index in [4.69, 9.17) is 0 Å². The van der Waals surface area contributed by atoms with E-state index < -0.39 is 5.54 Å². The Morgan fingerprint density at radius 1 is 1.06 bits per heavy atom. The van der Waals surface area contributed by atoms with Gasteiger partial charge in [-0.15, -0.1) is 5.10 Å². The Morgan fingerprint density at radius 3 is 2.56 bits per heavy atom. The van der Waals surface area contributed by atoms with Gasteiger partial charge >= 0.3 is 0 Å². The summed E-state index contributed by atoms with van der Waals surface area (Å²) in [7, 11) is 0. The first-order valence-corrected chi connectivity index (χ1v) is 11.4. The first-order valence-electron chi connectivity index (χ1n) is 11.4. The number of rotatable bonds is 7. The van der Waals surface area contributed by atoms with E-state index in [9.17, 15) is 5.21 Å². The van der Waals surface area contributed by atoms with E-state index in [-0.39, 0.29) is 0 Å². The van der Waals surface area contributed by atoms with Gasteiger partial charge in [0.25, 0.3) is 0 Å². The van der Waals surface area contributed by atoms with E-state index in [1.807, 2.05) is 31.3 Å². The minimum atomic E-state index is -0.679. The third kappa shape index (κ3) is 3.92. The maximum atomic E-state index is 10.9. The van der Waals surface area contributed by atoms with Crippen molar-refractivity contribution in [3.05, 3.63) is 96.2 Å². The highest BCUT2D eigenvalue weighted by atomic mass is 16.5. The van der Waals surface area contributed by atoms with Crippen molar-refractivity contribution in [1.82, 2.24) is 35.2 Å². The monoisotopic (exact) mass is 453 g/mol. The van der Waals surface area contributed by atoms with Crippen molar-refractivity contribution in [3.63, 3.8) is 0 Å². The van der Waals surface area contributed by atoms with Gasteiger partial charge in [-0.05, 0) is 52.1 Å². The van der Waals surface area contributed by atoms with Crippen LogP contribution >= 0.6 is 0 Å². The van der Waals surface area contributed by atoms with Crippen LogP contribution in [-0.4, -0.2) is 40.4 Å². The highest BCUT2D eigenvalue weighted by Gasteiger charge is 2.39. The van der Waals surface area contributed by atoms with E-state index in [2.05, 4.69) is 79.6 Å². The van der Waals surface area contributed by atoms with Crippen molar-refractivity contribution in [2.24, 2.45) is 0 Å². The Labute approximate surface area is 198 Å². The van der Waals surface area contributed by atoms with Crippen molar-refractivity contribution >= 4 is 0 Å². The van der Waals surface area contributed by atoms with Crippen LogP contribution in [0, 0.1) is 0 Å². The number of hydrogen-bond donors (Lipinski definition) is 2. The molecule has 172 valence electrons. The minimum absolute atomic E-state index is 0.641. The first kappa shape index (κ1) is 21.8. The second-order valence-corrected chi connectivity index (χ2v) is 8.60. The van der Waals surface area contributed by atoms with Gasteiger partial charge in [-0.25, -0.2) is 15.1 Å². The summed E-state index contributed by atoms with van der Waals surface area (Å²) in [4.78, 5) is 4.67. The van der Waals surface area contributed by atoms with E-state index in [0.717, 1.165) is 46.5 Å². The summed E-state index contributed by atoms with van der Waals surface area (Å²) in [5.74, 6) is 1.46. The largest absolute Gasteiger partial charge is 0.328 e. The highest BCUT2D eigenvalue weighted by molar-refractivity contribution is 5.80. The summed E-state index contributed by atoms with van der Waals surface area (Å²) < 4.78 is 2.11. The molecule has 8 nitrogen and oxygen atoms in total. The summed E-state index contributed by atoms with van der Waals surface area (Å²) in [6, 6.07) is 16.5. The Hall–Kier alpha value is -4.04. The lowest BCUT2D eigenvalue weighted by molar-refractivity contribution is -0.125. The van der Waals surface area contributed by atoms with Crippen LogP contribution in [0.5, 0.6) is 0 Å². The molecule has 2 N–H and O–H groups in total. The maximum Gasteiger partial charge on any atom is 0.180 e. The average Bonchev–Trinajstić information content (AvgIpc) is 3.55. The minimum Gasteiger partial charge on any atom is -0.328 e. The molecule has 4 aromatic rings. The normalized spacial score (nSPS) is 17.7. The molecule has 2 aromatic heterocycles. The third-order valence-electron chi connectivity index (χ3n) is 6.24. The number of allylic oxidation sites excluding steroid dienone is 2. The van der Waals surface area contributed by atoms with Crippen LogP contribution in [0.4, 0.5) is 0 Å². The number of nitrogens with zero attached hydrogens (tertiary/aromatic N) is 6. The molecule has 2 aromatic carbocycles. The zero-order chi connectivity index (χ0) is 23.5. The molecular formula is C26H27N7O. The molecule has 1 aliphatic heterocycles. The molecule has 1 atom stereocenters. The van der Waals surface area contributed by atoms with E-state index >= 15 is 0 Å². The zero-order valence-electron chi connectivity index (χ0n) is 19.3. The van der Waals surface area contributed by atoms with Crippen molar-refractivity contribution in [1.29, 1.82) is 0 Å². The topological polar surface area (TPSA) is 95.8 Å². The Morgan fingerprint density at radius 2 is 1.85 bits per heavy atom. The third-order valence-corrected chi connectivity index (χ3v) is 6.24. The van der Waals surface area contributed by atoms with Crippen LogP contribution in [0.15, 0.2) is 84.8 Å². The van der Waals surface area contributed by atoms with Crippen LogP contribution in [0.25, 0.3) is 22.5 Å². The molecule has 1 unspecified atom stereocenters. The molecule has 1 aliphatic rings. The summed E-state index contributed by atoms with van der Waals surface area (Å²) in [6.45, 7) is 4.74. The number of hydrogen-bond acceptors (Lipinski definition) is 6. The fourth-order valence-corrected chi connectivity index (χ4v) is 4.58. The molecule has 0 spiro atoms. The van der Waals surface area contributed by atoms with Gasteiger partial charge < -0.3 is 4.57 Å². The molecule has 0 saturated heterocycles. The van der Waals surface area contributed by atoms with Crippen molar-refractivity contribution in [3.8, 4) is 22.5 Å². The molecule has 5 rings (SSSR count). The number of nitrogens with one attached hydrogen (secondary N) is 1. The Kier molecular flexibility index (Phi) is 5.81. The van der Waals surface area contributed by atoms with Crippen molar-refractivity contribution in [2.45, 2.75) is 38.8 Å². The fourth-order valence-electron chi connectivity index (χ4n) is 4.58. The first-order chi connectivity index (χ1) is 16.6. The smallest absolute Gasteiger partial charge is 0.180 e. The molecule has 34 heavy (non-hydrogen) atoms. The van der Waals surface area contributed by atoms with Crippen molar-refractivity contribution < 1.29 is 5.21 Å². The van der Waals surface area contributed by atoms with Crippen LogP contribution in [0.2, 0.25) is 0 Å². The van der Waals surface area contributed by atoms with Gasteiger partial charge in [-0.2, -0.15) is 0 Å². The second kappa shape index (κ2) is 9.07. The molecule has 0 bridgehead atoms. The highest BCUT2D eigenvalue weighted by Crippen LogP contribution is 2.37. The number of aromatic amines is 1. The maximum absolute atomic E-state index is 10.9. The van der Waals surface area contributed by atoms with Crippen LogP contribution in [0.1, 0.15) is 38.1 Å². The Balaban J connectivity index is 1.43. The number of aromatic nitrogens is 6. The van der Waals surface area contributed by atoms with Crippen LogP contribution < -0.4 is 0 Å². The lowest BCUT2D eigenvalue weighted by Crippen LogP contribution is -2.43. The van der Waals surface area contributed by atoms with Gasteiger partial charge in [-0.3, -0.25) is 5.21 Å². The lowest BCUT2D eigenvalue weighted by Gasteiger charge is -2.39. The van der Waals surface area contributed by atoms with Crippen LogP contribution in [-0.2, 0) is 12.1 Å². The standard InChI is InChI=1S/C26H27N7O/c1-3-13-26(14-12-19(2)17-33(26)34)25-27-15-16-32(25)18-20-8-10-21(11-9-20)22-6-4-5-7-23(22)24-28-30-31-29-24/h4-12,14-17,34H,3,13,18H2,1-2H3,(H,28,29,30,31). The number of benzene rings is 2. The number of hydroxylamine groups is 2. The molecule has 3 heterocycles. The summed E-state index contributed by atoms with van der Waals surface area (Å²) in [5.41, 5.74) is 4.56. The van der Waals surface area contributed by atoms with Crippen LogP contribution in [0.3, 0.4) is 0 Å². The second-order valence-electron chi connectivity index (χ2n) is 8.60. The summed E-state index contributed by atoms with van der Waals surface area (Å²) in [5, 5.41) is 26.5. The molecule has 0 radical (unpaired) electrons. The predicted octanol–water partition coefficient (Wildman–Crippen LogP) is 4.94. The SMILES string of the molecule is CCCC1(c2nccn2Cc2ccc(-c3ccccc3-c3nnn[nH]3)cc2)C=CC(C)=CN1O. The van der Waals surface area contributed by atoms with E-state index in [1.165, 1.54) is 5.06 Å². The molecule has 0 fully saturated rings. The molecule has 0 aliphatic carbocycles. The summed E-state index contributed by atoms with van der Waals surface area (Å²) in [6.07, 6.45) is 11.3. The fraction of sp³-hybridized carbons (Fsp3) is 0.231. The van der Waals surface area contributed by atoms with E-state index in [0.29, 0.717) is 12.4 Å². The Bertz CT molecular complexity index is 1320. The van der Waals surface area contributed by atoms with Gasteiger partial charge in [0.2, 0.25) is 0 Å². The molecular weight excluding hydrogens is 426 g/mol. The predicted molar refractivity (Wildman–Crippen MR) is 129 cm³/mol.